The predicted molar refractivity (Wildman–Crippen MR) is 104 cm³/mol. The van der Waals surface area contributed by atoms with E-state index in [4.69, 9.17) is 16.4 Å². The maximum absolute atomic E-state index is 9.32. The lowest BCUT2D eigenvalue weighted by Gasteiger charge is -2.25. The third kappa shape index (κ3) is 3.30. The van der Waals surface area contributed by atoms with Crippen LogP contribution in [0.2, 0.25) is 5.02 Å². The Kier molecular flexibility index (Phi) is 4.62. The molecule has 3 aromatic rings. The molecule has 1 saturated heterocycles. The lowest BCUT2D eigenvalue weighted by molar-refractivity contribution is 0.118. The molecule has 1 aliphatic heterocycles. The number of nitrogens with zero attached hydrogens (tertiary/aromatic N) is 2. The van der Waals surface area contributed by atoms with Gasteiger partial charge in [0.1, 0.15) is 0 Å². The van der Waals surface area contributed by atoms with Crippen molar-refractivity contribution in [2.45, 2.75) is 18.6 Å². The van der Waals surface area contributed by atoms with Crippen LogP contribution in [-0.4, -0.2) is 6.10 Å². The van der Waals surface area contributed by atoms with E-state index in [0.29, 0.717) is 11.4 Å². The fourth-order valence-corrected chi connectivity index (χ4v) is 3.47. The van der Waals surface area contributed by atoms with Gasteiger partial charge in [-0.05, 0) is 34.9 Å². The lowest BCUT2D eigenvalue weighted by Crippen LogP contribution is -2.21. The van der Waals surface area contributed by atoms with E-state index in [-0.39, 0.29) is 6.04 Å². The van der Waals surface area contributed by atoms with Gasteiger partial charge in [0.2, 0.25) is 0 Å². The molecular formula is C22H17ClN2O. The van der Waals surface area contributed by atoms with E-state index in [1.165, 1.54) is 11.1 Å². The van der Waals surface area contributed by atoms with Crippen molar-refractivity contribution in [2.75, 3.05) is 5.06 Å². The fraction of sp³-hybridized carbons (Fsp3) is 0.136. The van der Waals surface area contributed by atoms with Crippen LogP contribution in [0.1, 0.15) is 18.0 Å². The minimum atomic E-state index is -0.465. The molecule has 2 unspecified atom stereocenters. The van der Waals surface area contributed by atoms with E-state index in [0.717, 1.165) is 11.3 Å². The topological polar surface area (TPSA) is 36.3 Å². The minimum absolute atomic E-state index is 0.0251. The third-order valence-corrected chi connectivity index (χ3v) is 4.81. The smallest absolute Gasteiger partial charge is 0.174 e. The van der Waals surface area contributed by atoms with Crippen LogP contribution < -0.4 is 5.06 Å². The number of halogens is 1. The summed E-state index contributed by atoms with van der Waals surface area (Å²) in [6.45, 7) is 0. The molecule has 1 fully saturated rings. The summed E-state index contributed by atoms with van der Waals surface area (Å²) >= 11 is 6.13. The molecule has 2 atom stereocenters. The van der Waals surface area contributed by atoms with Gasteiger partial charge in [-0.1, -0.05) is 72.3 Å². The molecule has 4 heteroatoms. The Bertz CT molecular complexity index is 934. The van der Waals surface area contributed by atoms with Gasteiger partial charge in [-0.3, -0.25) is 4.84 Å². The van der Waals surface area contributed by atoms with Crippen LogP contribution in [0.5, 0.6) is 0 Å². The van der Waals surface area contributed by atoms with E-state index in [2.05, 4.69) is 42.5 Å². The van der Waals surface area contributed by atoms with Gasteiger partial charge in [-0.2, -0.15) is 5.26 Å². The van der Waals surface area contributed by atoms with Crippen molar-refractivity contribution in [3.63, 3.8) is 0 Å². The van der Waals surface area contributed by atoms with E-state index in [1.807, 2.05) is 42.5 Å². The van der Waals surface area contributed by atoms with Crippen LogP contribution in [0.3, 0.4) is 0 Å². The molecule has 0 spiro atoms. The quantitative estimate of drug-likeness (QED) is 0.593. The predicted octanol–water partition coefficient (Wildman–Crippen LogP) is 5.78. The van der Waals surface area contributed by atoms with Gasteiger partial charge in [0.05, 0.1) is 17.8 Å². The molecule has 128 valence electrons. The number of rotatable bonds is 3. The highest BCUT2D eigenvalue weighted by atomic mass is 35.5. The summed E-state index contributed by atoms with van der Waals surface area (Å²) < 4.78 is 0. The summed E-state index contributed by atoms with van der Waals surface area (Å²) in [4.78, 5) is 5.85. The van der Waals surface area contributed by atoms with Gasteiger partial charge in [-0.15, -0.1) is 0 Å². The number of benzene rings is 3. The summed E-state index contributed by atoms with van der Waals surface area (Å²) in [5.74, 6) is 0. The molecule has 0 aliphatic carbocycles. The number of nitriles is 1. The summed E-state index contributed by atoms with van der Waals surface area (Å²) in [5.41, 5.74) is 4.32. The summed E-state index contributed by atoms with van der Waals surface area (Å²) in [5, 5.41) is 11.8. The molecule has 4 rings (SSSR count). The highest BCUT2D eigenvalue weighted by molar-refractivity contribution is 6.30. The number of hydroxylamine groups is 1. The van der Waals surface area contributed by atoms with Gasteiger partial charge in [0, 0.05) is 11.4 Å². The molecule has 3 nitrogen and oxygen atoms in total. The van der Waals surface area contributed by atoms with Crippen LogP contribution in [0.25, 0.3) is 11.1 Å². The zero-order valence-electron chi connectivity index (χ0n) is 14.0. The molecule has 0 N–H and O–H groups in total. The van der Waals surface area contributed by atoms with E-state index in [1.54, 1.807) is 5.06 Å². The fourth-order valence-electron chi connectivity index (χ4n) is 3.28. The number of hydrogen-bond donors (Lipinski definition) is 0. The van der Waals surface area contributed by atoms with Crippen molar-refractivity contribution < 1.29 is 4.84 Å². The first-order valence-corrected chi connectivity index (χ1v) is 8.89. The second-order valence-electron chi connectivity index (χ2n) is 6.27. The molecule has 3 aromatic carbocycles. The van der Waals surface area contributed by atoms with Gasteiger partial charge in [0.15, 0.2) is 6.10 Å². The monoisotopic (exact) mass is 360 g/mol. The first-order valence-electron chi connectivity index (χ1n) is 8.51. The Balaban J connectivity index is 1.65. The lowest BCUT2D eigenvalue weighted by atomic mass is 9.98. The van der Waals surface area contributed by atoms with Crippen molar-refractivity contribution >= 4 is 17.3 Å². The van der Waals surface area contributed by atoms with Gasteiger partial charge in [0.25, 0.3) is 0 Å². The van der Waals surface area contributed by atoms with Crippen LogP contribution in [0.15, 0.2) is 78.9 Å². The summed E-state index contributed by atoms with van der Waals surface area (Å²) in [7, 11) is 0. The van der Waals surface area contributed by atoms with E-state index < -0.39 is 6.10 Å². The molecule has 0 bridgehead atoms. The normalized spacial score (nSPS) is 19.3. The molecule has 1 heterocycles. The van der Waals surface area contributed by atoms with Crippen molar-refractivity contribution in [3.05, 3.63) is 89.4 Å². The highest BCUT2D eigenvalue weighted by Crippen LogP contribution is 2.39. The first kappa shape index (κ1) is 16.7. The average molecular weight is 361 g/mol. The molecule has 0 amide bonds. The minimum Gasteiger partial charge on any atom is -0.254 e. The largest absolute Gasteiger partial charge is 0.254 e. The maximum Gasteiger partial charge on any atom is 0.174 e. The maximum atomic E-state index is 9.32. The Labute approximate surface area is 158 Å². The number of hydrogen-bond acceptors (Lipinski definition) is 3. The molecular weight excluding hydrogens is 344 g/mol. The zero-order valence-corrected chi connectivity index (χ0v) is 14.8. The Morgan fingerprint density at radius 2 is 1.65 bits per heavy atom. The summed E-state index contributed by atoms with van der Waals surface area (Å²) in [6.07, 6.45) is 0.154. The number of anilines is 1. The van der Waals surface area contributed by atoms with Gasteiger partial charge < -0.3 is 0 Å². The second kappa shape index (κ2) is 7.21. The Morgan fingerprint density at radius 1 is 0.923 bits per heavy atom. The van der Waals surface area contributed by atoms with Crippen molar-refractivity contribution in [3.8, 4) is 17.2 Å². The SMILES string of the molecule is N#CC1CC(c2ccc(-c3ccccc3)cc2)N(c2cccc(Cl)c2)O1. The van der Waals surface area contributed by atoms with Crippen LogP contribution >= 0.6 is 11.6 Å². The molecule has 0 aromatic heterocycles. The molecule has 0 saturated carbocycles. The zero-order chi connectivity index (χ0) is 17.9. The molecule has 1 aliphatic rings. The second-order valence-corrected chi connectivity index (χ2v) is 6.70. The molecule has 26 heavy (non-hydrogen) atoms. The van der Waals surface area contributed by atoms with Gasteiger partial charge >= 0.3 is 0 Å². The summed E-state index contributed by atoms with van der Waals surface area (Å²) in [6, 6.07) is 28.4. The van der Waals surface area contributed by atoms with Gasteiger partial charge in [-0.25, -0.2) is 5.06 Å². The van der Waals surface area contributed by atoms with Crippen molar-refractivity contribution in [2.24, 2.45) is 0 Å². The highest BCUT2D eigenvalue weighted by Gasteiger charge is 2.35. The van der Waals surface area contributed by atoms with E-state index in [9.17, 15) is 5.26 Å². The van der Waals surface area contributed by atoms with Crippen molar-refractivity contribution in [1.29, 1.82) is 5.26 Å². The Hall–Kier alpha value is -2.80. The van der Waals surface area contributed by atoms with E-state index >= 15 is 0 Å². The average Bonchev–Trinajstić information content (AvgIpc) is 3.13. The Morgan fingerprint density at radius 3 is 2.35 bits per heavy atom. The van der Waals surface area contributed by atoms with Crippen molar-refractivity contribution in [1.82, 2.24) is 0 Å². The van der Waals surface area contributed by atoms with Crippen LogP contribution in [-0.2, 0) is 4.84 Å². The first-order chi connectivity index (χ1) is 12.7. The van der Waals surface area contributed by atoms with Crippen LogP contribution in [0, 0.1) is 11.3 Å². The van der Waals surface area contributed by atoms with Crippen LogP contribution in [0.4, 0.5) is 5.69 Å². The standard InChI is InChI=1S/C22H17ClN2O/c23-19-7-4-8-20(13-19)25-22(14-21(15-24)26-25)18-11-9-17(10-12-18)16-5-2-1-3-6-16/h1-13,21-22H,14H2. The molecule has 0 radical (unpaired) electrons. The third-order valence-electron chi connectivity index (χ3n) is 4.57.